The highest BCUT2D eigenvalue weighted by molar-refractivity contribution is 5.79. The summed E-state index contributed by atoms with van der Waals surface area (Å²) >= 11 is 0. The summed E-state index contributed by atoms with van der Waals surface area (Å²) in [7, 11) is 0. The molecule has 0 saturated carbocycles. The average Bonchev–Trinajstić information content (AvgIpc) is 2.79. The molecule has 19 heavy (non-hydrogen) atoms. The number of nitrogens with zero attached hydrogens (tertiary/aromatic N) is 1. The molecule has 6 nitrogen and oxygen atoms in total. The van der Waals surface area contributed by atoms with Crippen LogP contribution < -0.4 is 5.11 Å². The molecule has 1 amide bonds. The Balaban J connectivity index is 1.94. The summed E-state index contributed by atoms with van der Waals surface area (Å²) in [6.45, 7) is 0.0122. The summed E-state index contributed by atoms with van der Waals surface area (Å²) in [5.74, 6) is -1.38. The zero-order valence-electron chi connectivity index (χ0n) is 10.2. The highest BCUT2D eigenvalue weighted by atomic mass is 16.6. The van der Waals surface area contributed by atoms with Crippen LogP contribution in [0.25, 0.3) is 0 Å². The van der Waals surface area contributed by atoms with Crippen LogP contribution in [0.1, 0.15) is 12.0 Å². The van der Waals surface area contributed by atoms with Crippen LogP contribution in [0.3, 0.4) is 0 Å². The molecule has 6 heteroatoms. The summed E-state index contributed by atoms with van der Waals surface area (Å²) < 4.78 is 5.03. The second-order valence-corrected chi connectivity index (χ2v) is 4.42. The van der Waals surface area contributed by atoms with Gasteiger partial charge in [0, 0.05) is 6.42 Å². The zero-order valence-corrected chi connectivity index (χ0v) is 10.2. The maximum absolute atomic E-state index is 11.8. The number of carbonyl (C=O) groups is 2. The van der Waals surface area contributed by atoms with Crippen molar-refractivity contribution in [3.05, 3.63) is 35.9 Å². The lowest BCUT2D eigenvalue weighted by Crippen LogP contribution is -2.47. The van der Waals surface area contributed by atoms with E-state index in [1.54, 1.807) is 12.1 Å². The topological polar surface area (TPSA) is 89.9 Å². The number of hydrogen-bond donors (Lipinski definition) is 1. The summed E-state index contributed by atoms with van der Waals surface area (Å²) in [6.07, 6.45) is -1.63. The number of carboxylic acid groups (broad SMARTS) is 1. The minimum Gasteiger partial charge on any atom is -0.548 e. The van der Waals surface area contributed by atoms with E-state index >= 15 is 0 Å². The average molecular weight is 264 g/mol. The van der Waals surface area contributed by atoms with E-state index in [4.69, 9.17) is 4.74 Å². The fourth-order valence-electron chi connectivity index (χ4n) is 2.04. The van der Waals surface area contributed by atoms with Crippen LogP contribution in [0.5, 0.6) is 0 Å². The number of carboxylic acids is 1. The Bertz CT molecular complexity index is 461. The Morgan fingerprint density at radius 2 is 2.05 bits per heavy atom. The van der Waals surface area contributed by atoms with Gasteiger partial charge in [-0.05, 0) is 5.56 Å². The van der Waals surface area contributed by atoms with Crippen molar-refractivity contribution in [2.24, 2.45) is 0 Å². The Hall–Kier alpha value is -2.08. The Kier molecular flexibility index (Phi) is 4.01. The summed E-state index contributed by atoms with van der Waals surface area (Å²) in [5.41, 5.74) is 0.806. The van der Waals surface area contributed by atoms with Crippen molar-refractivity contribution in [3.63, 3.8) is 0 Å². The van der Waals surface area contributed by atoms with Gasteiger partial charge in [-0.3, -0.25) is 4.90 Å². The molecule has 1 aliphatic heterocycles. The van der Waals surface area contributed by atoms with Crippen molar-refractivity contribution in [2.45, 2.75) is 25.2 Å². The minimum atomic E-state index is -1.38. The van der Waals surface area contributed by atoms with E-state index in [0.29, 0.717) is 0 Å². The molecule has 1 heterocycles. The van der Waals surface area contributed by atoms with E-state index < -0.39 is 24.2 Å². The molecule has 1 aromatic rings. The van der Waals surface area contributed by atoms with E-state index in [1.807, 2.05) is 18.2 Å². The van der Waals surface area contributed by atoms with Crippen LogP contribution in [-0.2, 0) is 16.1 Å². The maximum Gasteiger partial charge on any atom is 0.410 e. The van der Waals surface area contributed by atoms with Crippen LogP contribution in [0.2, 0.25) is 0 Å². The van der Waals surface area contributed by atoms with Crippen LogP contribution in [0, 0.1) is 0 Å². The van der Waals surface area contributed by atoms with Crippen LogP contribution >= 0.6 is 0 Å². The predicted molar refractivity (Wildman–Crippen MR) is 62.8 cm³/mol. The van der Waals surface area contributed by atoms with Gasteiger partial charge in [-0.15, -0.1) is 0 Å². The number of β-amino-alcohol motifs (C(OH)–C–C–N with tert-alkyl or cyclic N) is 1. The molecule has 0 unspecified atom stereocenters. The third-order valence-corrected chi connectivity index (χ3v) is 2.99. The molecule has 1 aromatic carbocycles. The molecule has 2 atom stereocenters. The van der Waals surface area contributed by atoms with E-state index in [0.717, 1.165) is 10.5 Å². The Labute approximate surface area is 110 Å². The summed E-state index contributed by atoms with van der Waals surface area (Å²) in [6, 6.07) is 7.93. The number of aliphatic hydroxyl groups excluding tert-OH is 1. The maximum atomic E-state index is 11.8. The number of hydrogen-bond acceptors (Lipinski definition) is 5. The second-order valence-electron chi connectivity index (χ2n) is 4.42. The van der Waals surface area contributed by atoms with Gasteiger partial charge in [0.15, 0.2) is 0 Å². The molecule has 1 aliphatic rings. The van der Waals surface area contributed by atoms with E-state index in [2.05, 4.69) is 0 Å². The van der Waals surface area contributed by atoms with Gasteiger partial charge < -0.3 is 19.7 Å². The van der Waals surface area contributed by atoms with Gasteiger partial charge in [-0.25, -0.2) is 4.79 Å². The standard InChI is InChI=1S/C13H15NO5/c15-10-6-11(12(16)17)14(7-10)13(18)19-8-9-4-2-1-3-5-9/h1-5,10-11,15H,6-8H2,(H,16,17)/p-1/t10-,11-/m1/s1. The van der Waals surface area contributed by atoms with Crippen molar-refractivity contribution in [1.82, 2.24) is 4.90 Å². The van der Waals surface area contributed by atoms with Crippen molar-refractivity contribution < 1.29 is 24.5 Å². The summed E-state index contributed by atoms with van der Waals surface area (Å²) in [5, 5.41) is 20.3. The lowest BCUT2D eigenvalue weighted by Gasteiger charge is -2.24. The Morgan fingerprint density at radius 1 is 1.37 bits per heavy atom. The first-order valence-corrected chi connectivity index (χ1v) is 5.94. The molecular formula is C13H14NO5-. The van der Waals surface area contributed by atoms with Gasteiger partial charge in [0.05, 0.1) is 24.7 Å². The smallest absolute Gasteiger partial charge is 0.410 e. The van der Waals surface area contributed by atoms with Gasteiger partial charge in [0.2, 0.25) is 0 Å². The molecule has 1 N–H and O–H groups in total. The number of ether oxygens (including phenoxy) is 1. The molecule has 102 valence electrons. The lowest BCUT2D eigenvalue weighted by molar-refractivity contribution is -0.310. The first-order chi connectivity index (χ1) is 9.08. The number of aliphatic carboxylic acids is 1. The number of benzene rings is 1. The molecule has 0 radical (unpaired) electrons. The third-order valence-electron chi connectivity index (χ3n) is 2.99. The highest BCUT2D eigenvalue weighted by Gasteiger charge is 2.36. The first kappa shape index (κ1) is 13.4. The van der Waals surface area contributed by atoms with Crippen LogP contribution in [0.15, 0.2) is 30.3 Å². The fraction of sp³-hybridized carbons (Fsp3) is 0.385. The zero-order chi connectivity index (χ0) is 13.8. The number of likely N-dealkylation sites (tertiary alicyclic amines) is 1. The second kappa shape index (κ2) is 5.71. The summed E-state index contributed by atoms with van der Waals surface area (Å²) in [4.78, 5) is 23.6. The van der Waals surface area contributed by atoms with Gasteiger partial charge in [0.1, 0.15) is 6.61 Å². The quantitative estimate of drug-likeness (QED) is 0.795. The molecule has 1 saturated heterocycles. The molecule has 0 aromatic heterocycles. The van der Waals surface area contributed by atoms with Crippen molar-refractivity contribution >= 4 is 12.1 Å². The molecule has 0 spiro atoms. The monoisotopic (exact) mass is 264 g/mol. The highest BCUT2D eigenvalue weighted by Crippen LogP contribution is 2.19. The minimum absolute atomic E-state index is 0.0250. The van der Waals surface area contributed by atoms with Gasteiger partial charge >= 0.3 is 6.09 Å². The lowest BCUT2D eigenvalue weighted by atomic mass is 10.2. The predicted octanol–water partition coefficient (Wildman–Crippen LogP) is -0.492. The molecule has 1 fully saturated rings. The number of amides is 1. The van der Waals surface area contributed by atoms with Gasteiger partial charge in [0.25, 0.3) is 0 Å². The first-order valence-electron chi connectivity index (χ1n) is 5.94. The Morgan fingerprint density at radius 3 is 2.68 bits per heavy atom. The molecule has 0 bridgehead atoms. The number of rotatable bonds is 3. The van der Waals surface area contributed by atoms with Crippen LogP contribution in [-0.4, -0.2) is 40.8 Å². The van der Waals surface area contributed by atoms with E-state index in [9.17, 15) is 19.8 Å². The van der Waals surface area contributed by atoms with E-state index in [1.165, 1.54) is 0 Å². The van der Waals surface area contributed by atoms with Crippen molar-refractivity contribution in [3.8, 4) is 0 Å². The molecule has 2 rings (SSSR count). The normalized spacial score (nSPS) is 22.3. The van der Waals surface area contributed by atoms with Crippen molar-refractivity contribution in [2.75, 3.05) is 6.54 Å². The fourth-order valence-corrected chi connectivity index (χ4v) is 2.04. The van der Waals surface area contributed by atoms with Crippen molar-refractivity contribution in [1.29, 1.82) is 0 Å². The largest absolute Gasteiger partial charge is 0.548 e. The van der Waals surface area contributed by atoms with Gasteiger partial charge in [-0.2, -0.15) is 0 Å². The van der Waals surface area contributed by atoms with Crippen LogP contribution in [0.4, 0.5) is 4.79 Å². The molecular weight excluding hydrogens is 250 g/mol. The number of carbonyl (C=O) groups excluding carboxylic acids is 2. The number of aliphatic hydroxyl groups is 1. The SMILES string of the molecule is O=C([O-])[C@H]1C[C@@H](O)CN1C(=O)OCc1ccccc1. The van der Waals surface area contributed by atoms with Gasteiger partial charge in [-0.1, -0.05) is 30.3 Å². The van der Waals surface area contributed by atoms with E-state index in [-0.39, 0.29) is 19.6 Å². The molecule has 0 aliphatic carbocycles. The third kappa shape index (κ3) is 3.23.